The first-order valence-electron chi connectivity index (χ1n) is 18.3. The number of esters is 2. The topological polar surface area (TPSA) is 115 Å². The van der Waals surface area contributed by atoms with E-state index in [1.807, 2.05) is 24.3 Å². The summed E-state index contributed by atoms with van der Waals surface area (Å²) in [7, 11) is 0. The molecule has 0 saturated heterocycles. The molecule has 0 atom stereocenters. The lowest BCUT2D eigenvalue weighted by molar-refractivity contribution is -0.138. The summed E-state index contributed by atoms with van der Waals surface area (Å²) in [6.07, 6.45) is 14.8. The average molecular weight is 721 g/mol. The summed E-state index contributed by atoms with van der Waals surface area (Å²) in [6, 6.07) is 20.4. The zero-order valence-corrected chi connectivity index (χ0v) is 30.3. The van der Waals surface area contributed by atoms with E-state index in [2.05, 4.69) is 53.5 Å². The monoisotopic (exact) mass is 720 g/mol. The van der Waals surface area contributed by atoms with E-state index in [1.54, 1.807) is 18.5 Å². The number of rotatable bonds is 24. The van der Waals surface area contributed by atoms with Gasteiger partial charge >= 0.3 is 11.9 Å². The third-order valence-corrected chi connectivity index (χ3v) is 8.68. The highest BCUT2D eigenvalue weighted by Crippen LogP contribution is 2.39. The SMILES string of the molecule is C=CC(=O)OCCCCCCOc1ccc(Cc2ccc3c(c2)Cc2cc(OCOc4ccc(OCCCCCCOC(=O)C=C)cn4)ccc2-3)nc1. The Labute approximate surface area is 311 Å². The molecule has 0 radical (unpaired) electrons. The highest BCUT2D eigenvalue weighted by Gasteiger charge is 2.19. The van der Waals surface area contributed by atoms with Crippen molar-refractivity contribution in [2.24, 2.45) is 0 Å². The van der Waals surface area contributed by atoms with Gasteiger partial charge in [0, 0.05) is 30.3 Å². The predicted molar refractivity (Wildman–Crippen MR) is 202 cm³/mol. The molecular formula is C43H48N2O8. The number of carbonyl (C=O) groups is 2. The summed E-state index contributed by atoms with van der Waals surface area (Å²) in [5.74, 6) is 1.90. The van der Waals surface area contributed by atoms with Gasteiger partial charge in [0.1, 0.15) is 17.2 Å². The van der Waals surface area contributed by atoms with E-state index in [1.165, 1.54) is 40.0 Å². The average Bonchev–Trinajstić information content (AvgIpc) is 3.54. The van der Waals surface area contributed by atoms with Crippen LogP contribution in [0.5, 0.6) is 23.1 Å². The molecule has 1 aliphatic rings. The largest absolute Gasteiger partial charge is 0.492 e. The summed E-state index contributed by atoms with van der Waals surface area (Å²) in [6.45, 7) is 8.88. The third-order valence-electron chi connectivity index (χ3n) is 8.68. The molecule has 0 bridgehead atoms. The second kappa shape index (κ2) is 21.0. The fourth-order valence-electron chi connectivity index (χ4n) is 5.90. The van der Waals surface area contributed by atoms with Crippen LogP contribution in [0, 0.1) is 0 Å². The summed E-state index contributed by atoms with van der Waals surface area (Å²) in [5, 5.41) is 0. The molecule has 2 aromatic carbocycles. The number of benzene rings is 2. The molecule has 1 aliphatic carbocycles. The van der Waals surface area contributed by atoms with Gasteiger partial charge in [-0.1, -0.05) is 37.4 Å². The number of hydrogen-bond donors (Lipinski definition) is 0. The molecular weight excluding hydrogens is 672 g/mol. The number of nitrogens with zero attached hydrogens (tertiary/aromatic N) is 2. The van der Waals surface area contributed by atoms with Gasteiger partial charge in [-0.2, -0.15) is 0 Å². The Balaban J connectivity index is 0.976. The smallest absolute Gasteiger partial charge is 0.330 e. The van der Waals surface area contributed by atoms with Crippen LogP contribution in [0.25, 0.3) is 11.1 Å². The molecule has 0 unspecified atom stereocenters. The van der Waals surface area contributed by atoms with Crippen molar-refractivity contribution in [3.63, 3.8) is 0 Å². The first kappa shape index (κ1) is 38.6. The van der Waals surface area contributed by atoms with Gasteiger partial charge < -0.3 is 28.4 Å². The predicted octanol–water partition coefficient (Wildman–Crippen LogP) is 8.39. The maximum Gasteiger partial charge on any atom is 0.330 e. The van der Waals surface area contributed by atoms with Gasteiger partial charge in [0.05, 0.1) is 38.8 Å². The van der Waals surface area contributed by atoms with Crippen molar-refractivity contribution in [1.29, 1.82) is 0 Å². The summed E-state index contributed by atoms with van der Waals surface area (Å²) >= 11 is 0. The van der Waals surface area contributed by atoms with Crippen molar-refractivity contribution in [3.8, 4) is 34.3 Å². The minimum absolute atomic E-state index is 0.0403. The summed E-state index contributed by atoms with van der Waals surface area (Å²) in [5.41, 5.74) is 7.19. The molecule has 2 aromatic heterocycles. The Morgan fingerprint density at radius 1 is 0.585 bits per heavy atom. The summed E-state index contributed by atoms with van der Waals surface area (Å²) in [4.78, 5) is 31.1. The zero-order chi connectivity index (χ0) is 37.1. The molecule has 0 N–H and O–H groups in total. The van der Waals surface area contributed by atoms with Crippen LogP contribution >= 0.6 is 0 Å². The van der Waals surface area contributed by atoms with Crippen LogP contribution in [-0.2, 0) is 31.9 Å². The maximum absolute atomic E-state index is 11.1. The molecule has 278 valence electrons. The van der Waals surface area contributed by atoms with Gasteiger partial charge in [0.15, 0.2) is 0 Å². The van der Waals surface area contributed by atoms with Crippen LogP contribution in [0.15, 0.2) is 98.4 Å². The molecule has 5 rings (SSSR count). The second-order valence-electron chi connectivity index (χ2n) is 12.7. The lowest BCUT2D eigenvalue weighted by Gasteiger charge is -2.10. The van der Waals surface area contributed by atoms with Crippen molar-refractivity contribution in [3.05, 3.63) is 121 Å². The Bertz CT molecular complexity index is 1790. The van der Waals surface area contributed by atoms with E-state index < -0.39 is 0 Å². The van der Waals surface area contributed by atoms with E-state index in [-0.39, 0.29) is 18.7 Å². The van der Waals surface area contributed by atoms with Gasteiger partial charge in [-0.05, 0) is 116 Å². The number of pyridine rings is 2. The molecule has 0 fully saturated rings. The Morgan fingerprint density at radius 2 is 1.15 bits per heavy atom. The van der Waals surface area contributed by atoms with Crippen LogP contribution < -0.4 is 18.9 Å². The van der Waals surface area contributed by atoms with Crippen molar-refractivity contribution in [2.75, 3.05) is 33.2 Å². The molecule has 2 heterocycles. The number of unbranched alkanes of at least 4 members (excludes halogenated alkanes) is 6. The van der Waals surface area contributed by atoms with E-state index in [4.69, 9.17) is 28.4 Å². The number of carbonyl (C=O) groups excluding carboxylic acids is 2. The van der Waals surface area contributed by atoms with Crippen LogP contribution in [-0.4, -0.2) is 55.1 Å². The van der Waals surface area contributed by atoms with Crippen molar-refractivity contribution in [1.82, 2.24) is 9.97 Å². The highest BCUT2D eigenvalue weighted by molar-refractivity contribution is 5.81. The van der Waals surface area contributed by atoms with Crippen molar-refractivity contribution >= 4 is 11.9 Å². The second-order valence-corrected chi connectivity index (χ2v) is 12.7. The molecule has 0 spiro atoms. The lowest BCUT2D eigenvalue weighted by atomic mass is 10.0. The lowest BCUT2D eigenvalue weighted by Crippen LogP contribution is -2.07. The number of fused-ring (bicyclic) bond motifs is 3. The van der Waals surface area contributed by atoms with E-state index >= 15 is 0 Å². The van der Waals surface area contributed by atoms with Gasteiger partial charge in [0.2, 0.25) is 12.7 Å². The molecule has 0 amide bonds. The number of hydrogen-bond acceptors (Lipinski definition) is 10. The quantitative estimate of drug-likeness (QED) is 0.0266. The van der Waals surface area contributed by atoms with Gasteiger partial charge in [-0.15, -0.1) is 0 Å². The molecule has 4 aromatic rings. The fourth-order valence-corrected chi connectivity index (χ4v) is 5.90. The minimum atomic E-state index is -0.381. The van der Waals surface area contributed by atoms with Gasteiger partial charge in [-0.3, -0.25) is 4.98 Å². The highest BCUT2D eigenvalue weighted by atomic mass is 16.7. The minimum Gasteiger partial charge on any atom is -0.492 e. The van der Waals surface area contributed by atoms with E-state index in [9.17, 15) is 9.59 Å². The number of aromatic nitrogens is 2. The van der Waals surface area contributed by atoms with Gasteiger partial charge in [0.25, 0.3) is 0 Å². The van der Waals surface area contributed by atoms with Crippen molar-refractivity contribution in [2.45, 2.75) is 64.2 Å². The Morgan fingerprint density at radius 3 is 1.74 bits per heavy atom. The number of ether oxygens (including phenoxy) is 6. The summed E-state index contributed by atoms with van der Waals surface area (Å²) < 4.78 is 33.2. The first-order chi connectivity index (χ1) is 26.0. The van der Waals surface area contributed by atoms with Crippen LogP contribution in [0.3, 0.4) is 0 Å². The normalized spacial score (nSPS) is 11.2. The first-order valence-corrected chi connectivity index (χ1v) is 18.3. The molecule has 10 heteroatoms. The molecule has 10 nitrogen and oxygen atoms in total. The maximum atomic E-state index is 11.1. The third kappa shape index (κ3) is 12.8. The van der Waals surface area contributed by atoms with E-state index in [0.29, 0.717) is 38.1 Å². The van der Waals surface area contributed by atoms with Crippen LogP contribution in [0.2, 0.25) is 0 Å². The van der Waals surface area contributed by atoms with E-state index in [0.717, 1.165) is 81.4 Å². The Kier molecular flexibility index (Phi) is 15.3. The molecule has 0 aliphatic heterocycles. The fraction of sp³-hybridized carbons (Fsp3) is 0.349. The molecule has 0 saturated carbocycles. The van der Waals surface area contributed by atoms with Crippen LogP contribution in [0.1, 0.15) is 73.8 Å². The molecule has 53 heavy (non-hydrogen) atoms. The van der Waals surface area contributed by atoms with Crippen molar-refractivity contribution < 1.29 is 38.0 Å². The Hall–Kier alpha value is -5.64. The standard InChI is InChI=1S/C43H48N2O8/c1-3-42(46)50-23-11-7-5-9-21-48-37-15-14-35(44-29-37)26-32-13-18-39-33(25-32)27-34-28-36(16-19-40(34)39)52-31-53-41-20-17-38(30-45-41)49-22-10-6-8-12-24-51-43(47)4-2/h3-4,13-20,25,28-30H,1-2,5-12,21-24,26-27,31H2. The zero-order valence-electron chi connectivity index (χ0n) is 30.3. The van der Waals surface area contributed by atoms with Crippen LogP contribution in [0.4, 0.5) is 0 Å². The van der Waals surface area contributed by atoms with Gasteiger partial charge in [-0.25, -0.2) is 14.6 Å².